The van der Waals surface area contributed by atoms with E-state index in [1.54, 1.807) is 39.8 Å². The minimum Gasteiger partial charge on any atom is -0.294 e. The van der Waals surface area contributed by atoms with Gasteiger partial charge in [0, 0.05) is 12.4 Å². The van der Waals surface area contributed by atoms with Gasteiger partial charge in [0.2, 0.25) is 0 Å². The van der Waals surface area contributed by atoms with E-state index in [-0.39, 0.29) is 18.0 Å². The lowest BCUT2D eigenvalue weighted by Gasteiger charge is -2.06. The second-order valence-corrected chi connectivity index (χ2v) is 5.71. The molecule has 0 fully saturated rings. The Morgan fingerprint density at radius 3 is 2.84 bits per heavy atom. The number of halogens is 1. The van der Waals surface area contributed by atoms with Crippen LogP contribution < -0.4 is 0 Å². The first kappa shape index (κ1) is 15.2. The van der Waals surface area contributed by atoms with Crippen LogP contribution >= 0.6 is 0 Å². The molecule has 0 unspecified atom stereocenters. The van der Waals surface area contributed by atoms with E-state index < -0.39 is 0 Å². The summed E-state index contributed by atoms with van der Waals surface area (Å²) in [4.78, 5) is 17.0. The molecule has 3 heterocycles. The Bertz CT molecular complexity index is 1060. The molecule has 0 bridgehead atoms. The molecule has 124 valence electrons. The Morgan fingerprint density at radius 1 is 1.24 bits per heavy atom. The zero-order valence-electron chi connectivity index (χ0n) is 13.4. The van der Waals surface area contributed by atoms with Gasteiger partial charge >= 0.3 is 0 Å². The van der Waals surface area contributed by atoms with Crippen molar-refractivity contribution in [2.75, 3.05) is 0 Å². The molecule has 0 aliphatic carbocycles. The number of carbonyl (C=O) groups excluding carboxylic acids is 1. The van der Waals surface area contributed by atoms with Crippen LogP contribution in [0.25, 0.3) is 11.3 Å². The average Bonchev–Trinajstić information content (AvgIpc) is 3.19. The Morgan fingerprint density at radius 2 is 2.04 bits per heavy atom. The Kier molecular flexibility index (Phi) is 3.61. The average molecular weight is 335 g/mol. The molecule has 0 N–H and O–H groups in total. The lowest BCUT2D eigenvalue weighted by atomic mass is 10.1. The van der Waals surface area contributed by atoms with E-state index in [1.807, 2.05) is 13.0 Å². The van der Waals surface area contributed by atoms with E-state index in [0.717, 1.165) is 11.4 Å². The van der Waals surface area contributed by atoms with E-state index in [1.165, 1.54) is 18.3 Å². The van der Waals surface area contributed by atoms with E-state index in [2.05, 4.69) is 15.2 Å². The van der Waals surface area contributed by atoms with Crippen molar-refractivity contribution in [3.8, 4) is 5.69 Å². The molecule has 7 heteroatoms. The number of hydrogen-bond donors (Lipinski definition) is 0. The highest BCUT2D eigenvalue weighted by atomic mass is 19.1. The largest absolute Gasteiger partial charge is 0.294 e. The Balaban J connectivity index is 1.69. The number of rotatable bonds is 4. The second-order valence-electron chi connectivity index (χ2n) is 5.71. The van der Waals surface area contributed by atoms with Gasteiger partial charge in [0.1, 0.15) is 5.82 Å². The lowest BCUT2D eigenvalue weighted by molar-refractivity contribution is 0.0992. The van der Waals surface area contributed by atoms with Crippen molar-refractivity contribution in [2.45, 2.75) is 13.3 Å². The molecule has 4 rings (SSSR count). The SMILES string of the molecule is Cc1cc(CC(=O)c2cnn3cccnc23)n(-c2ccc(F)cc2)n1. The summed E-state index contributed by atoms with van der Waals surface area (Å²) < 4.78 is 16.4. The fraction of sp³-hybridized carbons (Fsp3) is 0.111. The van der Waals surface area contributed by atoms with Crippen molar-refractivity contribution in [2.24, 2.45) is 0 Å². The van der Waals surface area contributed by atoms with E-state index >= 15 is 0 Å². The van der Waals surface area contributed by atoms with Gasteiger partial charge in [-0.1, -0.05) is 0 Å². The Hall–Kier alpha value is -3.35. The van der Waals surface area contributed by atoms with Gasteiger partial charge in [-0.15, -0.1) is 0 Å². The molecule has 0 saturated heterocycles. The first-order valence-corrected chi connectivity index (χ1v) is 7.75. The predicted octanol–water partition coefficient (Wildman–Crippen LogP) is 2.79. The van der Waals surface area contributed by atoms with Crippen molar-refractivity contribution < 1.29 is 9.18 Å². The molecule has 0 saturated carbocycles. The van der Waals surface area contributed by atoms with Crippen LogP contribution in [0.3, 0.4) is 0 Å². The van der Waals surface area contributed by atoms with Crippen LogP contribution in [0.5, 0.6) is 0 Å². The summed E-state index contributed by atoms with van der Waals surface area (Å²) in [6, 6.07) is 9.60. The van der Waals surface area contributed by atoms with Gasteiger partial charge in [-0.05, 0) is 43.3 Å². The summed E-state index contributed by atoms with van der Waals surface area (Å²) in [6.07, 6.45) is 5.04. The van der Waals surface area contributed by atoms with Gasteiger partial charge in [0.05, 0.1) is 35.3 Å². The summed E-state index contributed by atoms with van der Waals surface area (Å²) in [5.41, 5.74) is 3.20. The number of aromatic nitrogens is 5. The van der Waals surface area contributed by atoms with Crippen LogP contribution in [0, 0.1) is 12.7 Å². The predicted molar refractivity (Wildman–Crippen MR) is 89.3 cm³/mol. The third-order valence-electron chi connectivity index (χ3n) is 3.90. The smallest absolute Gasteiger partial charge is 0.174 e. The quantitative estimate of drug-likeness (QED) is 0.538. The number of nitrogens with zero attached hydrogens (tertiary/aromatic N) is 5. The highest BCUT2D eigenvalue weighted by molar-refractivity contribution is 6.02. The second kappa shape index (κ2) is 5.94. The molecule has 6 nitrogen and oxygen atoms in total. The first-order chi connectivity index (χ1) is 12.1. The Labute approximate surface area is 142 Å². The van der Waals surface area contributed by atoms with Gasteiger partial charge in [0.25, 0.3) is 0 Å². The number of carbonyl (C=O) groups is 1. The van der Waals surface area contributed by atoms with Crippen molar-refractivity contribution in [1.82, 2.24) is 24.4 Å². The van der Waals surface area contributed by atoms with E-state index in [0.29, 0.717) is 16.9 Å². The standard InChI is InChI=1S/C18H14FN5O/c1-12-9-15(24(22-12)14-5-3-13(19)4-6-14)10-17(25)16-11-21-23-8-2-7-20-18(16)23/h2-9,11H,10H2,1H3. The van der Waals surface area contributed by atoms with Crippen LogP contribution in [0.4, 0.5) is 4.39 Å². The zero-order valence-corrected chi connectivity index (χ0v) is 13.4. The molecule has 0 spiro atoms. The van der Waals surface area contributed by atoms with Crippen molar-refractivity contribution in [3.63, 3.8) is 0 Å². The fourth-order valence-electron chi connectivity index (χ4n) is 2.77. The third kappa shape index (κ3) is 2.80. The minimum absolute atomic E-state index is 0.100. The van der Waals surface area contributed by atoms with Gasteiger partial charge < -0.3 is 0 Å². The number of aryl methyl sites for hydroxylation is 1. The van der Waals surface area contributed by atoms with Crippen molar-refractivity contribution >= 4 is 11.4 Å². The summed E-state index contributed by atoms with van der Waals surface area (Å²) in [5, 5.41) is 8.56. The van der Waals surface area contributed by atoms with Gasteiger partial charge in [-0.2, -0.15) is 10.2 Å². The van der Waals surface area contributed by atoms with Gasteiger partial charge in [0.15, 0.2) is 11.4 Å². The number of ketones is 1. The topological polar surface area (TPSA) is 65.1 Å². The normalized spacial score (nSPS) is 11.1. The number of Topliss-reactive ketones (excluding diaryl/α,β-unsaturated/α-hetero) is 1. The maximum Gasteiger partial charge on any atom is 0.174 e. The molecule has 3 aromatic heterocycles. The lowest BCUT2D eigenvalue weighted by Crippen LogP contribution is -2.09. The maximum atomic E-state index is 13.2. The molecular weight excluding hydrogens is 321 g/mol. The van der Waals surface area contributed by atoms with E-state index in [4.69, 9.17) is 0 Å². The van der Waals surface area contributed by atoms with Crippen molar-refractivity contribution in [1.29, 1.82) is 0 Å². The number of fused-ring (bicyclic) bond motifs is 1. The maximum absolute atomic E-state index is 13.2. The van der Waals surface area contributed by atoms with Gasteiger partial charge in [-0.25, -0.2) is 18.6 Å². The third-order valence-corrected chi connectivity index (χ3v) is 3.90. The summed E-state index contributed by atoms with van der Waals surface area (Å²) in [5.74, 6) is -0.417. The number of hydrogen-bond acceptors (Lipinski definition) is 4. The molecule has 1 aromatic carbocycles. The van der Waals surface area contributed by atoms with Crippen LogP contribution in [0.2, 0.25) is 0 Å². The molecule has 0 aliphatic heterocycles. The molecule has 0 aliphatic rings. The summed E-state index contributed by atoms with van der Waals surface area (Å²) >= 11 is 0. The van der Waals surface area contributed by atoms with Crippen LogP contribution in [0.15, 0.2) is 55.0 Å². The molecule has 0 atom stereocenters. The van der Waals surface area contributed by atoms with Crippen LogP contribution in [0.1, 0.15) is 21.7 Å². The van der Waals surface area contributed by atoms with Crippen LogP contribution in [-0.2, 0) is 6.42 Å². The van der Waals surface area contributed by atoms with Crippen LogP contribution in [-0.4, -0.2) is 30.2 Å². The zero-order chi connectivity index (χ0) is 17.4. The molecular formula is C18H14FN5O. The monoisotopic (exact) mass is 335 g/mol. The van der Waals surface area contributed by atoms with E-state index in [9.17, 15) is 9.18 Å². The fourth-order valence-corrected chi connectivity index (χ4v) is 2.77. The number of benzene rings is 1. The molecule has 4 aromatic rings. The summed E-state index contributed by atoms with van der Waals surface area (Å²) in [7, 11) is 0. The molecule has 25 heavy (non-hydrogen) atoms. The minimum atomic E-state index is -0.317. The highest BCUT2D eigenvalue weighted by Crippen LogP contribution is 2.17. The molecule has 0 amide bonds. The highest BCUT2D eigenvalue weighted by Gasteiger charge is 2.17. The van der Waals surface area contributed by atoms with Crippen molar-refractivity contribution in [3.05, 3.63) is 77.8 Å². The summed E-state index contributed by atoms with van der Waals surface area (Å²) in [6.45, 7) is 1.85. The molecule has 0 radical (unpaired) electrons. The first-order valence-electron chi connectivity index (χ1n) is 7.75. The van der Waals surface area contributed by atoms with Gasteiger partial charge in [-0.3, -0.25) is 4.79 Å².